The molecule has 0 N–H and O–H groups in total. The molecule has 1 aromatic carbocycles. The fourth-order valence-electron chi connectivity index (χ4n) is 0.574. The topological polar surface area (TPSA) is 17.1 Å². The molecule has 0 unspecified atom stereocenters. The molecule has 0 bridgehead atoms. The van der Waals surface area contributed by atoms with E-state index in [1.807, 2.05) is 30.3 Å². The van der Waals surface area contributed by atoms with Crippen molar-refractivity contribution in [3.8, 4) is 0 Å². The van der Waals surface area contributed by atoms with Crippen LogP contribution in [0.15, 0.2) is 30.3 Å². The zero-order valence-corrected chi connectivity index (χ0v) is 11.2. The molecule has 0 spiro atoms. The Balaban J connectivity index is 0. The van der Waals surface area contributed by atoms with Gasteiger partial charge in [-0.05, 0) is 0 Å². The van der Waals surface area contributed by atoms with Crippen LogP contribution in [0.1, 0.15) is 11.8 Å². The van der Waals surface area contributed by atoms with Gasteiger partial charge in [-0.2, -0.15) is 0 Å². The van der Waals surface area contributed by atoms with Gasteiger partial charge < -0.3 is 1.43 Å². The molecular weight excluding hydrogens is 267 g/mol. The summed E-state index contributed by atoms with van der Waals surface area (Å²) in [6, 6.07) is 9.24. The smallest absolute Gasteiger partial charge is 1.00 e. The minimum Gasteiger partial charge on any atom is -1.00 e. The minimum absolute atomic E-state index is 0. The summed E-state index contributed by atoms with van der Waals surface area (Å²) in [5.74, 6) is 0. The second kappa shape index (κ2) is 5.90. The van der Waals surface area contributed by atoms with Crippen molar-refractivity contribution in [1.29, 1.82) is 0 Å². The van der Waals surface area contributed by atoms with Gasteiger partial charge in [0, 0.05) is 0 Å². The van der Waals surface area contributed by atoms with Crippen molar-refractivity contribution in [3.05, 3.63) is 35.9 Å². The van der Waals surface area contributed by atoms with Crippen molar-refractivity contribution in [1.82, 2.24) is 0 Å². The Morgan fingerprint density at radius 2 is 1.80 bits per heavy atom. The first-order valence-corrected chi connectivity index (χ1v) is 3.73. The summed E-state index contributed by atoms with van der Waals surface area (Å²) in [4.78, 5) is 10.6. The van der Waals surface area contributed by atoms with Crippen molar-refractivity contribution in [2.45, 2.75) is 0 Å². The molecule has 0 aliphatic heterocycles. The third kappa shape index (κ3) is 3.63. The number of hydrogen-bond acceptors (Lipinski definition) is 1. The molecule has 0 amide bonds. The van der Waals surface area contributed by atoms with Crippen LogP contribution in [-0.2, 0) is 0 Å². The van der Waals surface area contributed by atoms with Crippen molar-refractivity contribution in [2.24, 2.45) is 0 Å². The van der Waals surface area contributed by atoms with Crippen molar-refractivity contribution in [2.75, 3.05) is 0 Å². The summed E-state index contributed by atoms with van der Waals surface area (Å²) in [5, 5.41) is 0. The molecule has 1 radical (unpaired) electrons. The van der Waals surface area contributed by atoms with Gasteiger partial charge in [-0.1, -0.05) is 0 Å². The van der Waals surface area contributed by atoms with Crippen molar-refractivity contribution in [3.63, 3.8) is 0 Å². The van der Waals surface area contributed by atoms with E-state index in [9.17, 15) is 4.79 Å². The quantitative estimate of drug-likeness (QED) is 0.547. The predicted molar refractivity (Wildman–Crippen MR) is 37.6 cm³/mol. The third-order valence-electron chi connectivity index (χ3n) is 1.01. The number of hydrogen-bond donors (Lipinski definition) is 0. The average Bonchev–Trinajstić information content (AvgIpc) is 1.90. The van der Waals surface area contributed by atoms with E-state index in [0.29, 0.717) is 0 Å². The van der Waals surface area contributed by atoms with Gasteiger partial charge in [0.25, 0.3) is 0 Å². The standard InChI is InChI=1S/C7H5OTe.K.H/c8-7(9)6-4-2-1-3-5-6;;/h1-5H;;/q;+1;-1. The van der Waals surface area contributed by atoms with Gasteiger partial charge in [0.2, 0.25) is 0 Å². The monoisotopic (exact) mass is 275 g/mol. The maximum absolute atomic E-state index is 10.6. The van der Waals surface area contributed by atoms with E-state index in [-0.39, 0.29) is 56.6 Å². The Morgan fingerprint density at radius 1 is 1.30 bits per heavy atom. The van der Waals surface area contributed by atoms with Gasteiger partial charge in [0.05, 0.1) is 0 Å². The van der Waals surface area contributed by atoms with Crippen molar-refractivity contribution >= 4 is 26.1 Å². The fraction of sp³-hybridized carbons (Fsp3) is 0. The van der Waals surface area contributed by atoms with Crippen LogP contribution < -0.4 is 51.4 Å². The van der Waals surface area contributed by atoms with E-state index >= 15 is 0 Å². The third-order valence-corrected chi connectivity index (χ3v) is 1.68. The van der Waals surface area contributed by atoms with Crippen LogP contribution in [0, 0.1) is 0 Å². The zero-order valence-electron chi connectivity index (χ0n) is 6.70. The Morgan fingerprint density at radius 3 is 2.10 bits per heavy atom. The molecule has 0 fully saturated rings. The molecular formula is C7H6KOTe. The Labute approximate surface area is 117 Å². The van der Waals surface area contributed by atoms with Gasteiger partial charge in [-0.3, -0.25) is 0 Å². The molecule has 0 saturated heterocycles. The molecule has 47 valence electrons. The fourth-order valence-corrected chi connectivity index (χ4v) is 0.963. The SMILES string of the molecule is O=C([Te])c1ccccc1.[H-].[K+]. The summed E-state index contributed by atoms with van der Waals surface area (Å²) >= 11 is 1.50. The maximum Gasteiger partial charge on any atom is 1.00 e. The maximum atomic E-state index is 10.6. The van der Waals surface area contributed by atoms with Gasteiger partial charge in [0.1, 0.15) is 0 Å². The molecule has 0 heterocycles. The van der Waals surface area contributed by atoms with Crippen LogP contribution >= 0.6 is 0 Å². The van der Waals surface area contributed by atoms with E-state index in [2.05, 4.69) is 0 Å². The van der Waals surface area contributed by atoms with Crippen LogP contribution in [0.25, 0.3) is 0 Å². The molecule has 0 saturated carbocycles. The number of carbonyl (C=O) groups is 1. The number of rotatable bonds is 1. The first-order chi connectivity index (χ1) is 4.30. The molecule has 10 heavy (non-hydrogen) atoms. The first-order valence-electron chi connectivity index (χ1n) is 2.57. The van der Waals surface area contributed by atoms with Crippen molar-refractivity contribution < 1.29 is 57.6 Å². The van der Waals surface area contributed by atoms with E-state index in [1.54, 1.807) is 0 Å². The molecule has 0 aromatic heterocycles. The largest absolute Gasteiger partial charge is 1.00 e. The molecule has 0 aliphatic rings. The van der Waals surface area contributed by atoms with E-state index in [0.717, 1.165) is 5.56 Å². The van der Waals surface area contributed by atoms with E-state index in [4.69, 9.17) is 0 Å². The molecule has 0 aliphatic carbocycles. The van der Waals surface area contributed by atoms with Crippen LogP contribution in [0.2, 0.25) is 0 Å². The van der Waals surface area contributed by atoms with Gasteiger partial charge in [-0.15, -0.1) is 0 Å². The second-order valence-corrected chi connectivity index (χ2v) is 2.71. The summed E-state index contributed by atoms with van der Waals surface area (Å²) in [6.07, 6.45) is 0. The van der Waals surface area contributed by atoms with Crippen LogP contribution in [-0.4, -0.2) is 26.1 Å². The average molecular weight is 273 g/mol. The summed E-state index contributed by atoms with van der Waals surface area (Å²) in [6.45, 7) is 0. The normalized spacial score (nSPS) is 8.00. The van der Waals surface area contributed by atoms with Gasteiger partial charge >= 0.3 is 118 Å². The molecule has 1 rings (SSSR count). The Bertz CT molecular complexity index is 215. The van der Waals surface area contributed by atoms with Gasteiger partial charge in [-0.25, -0.2) is 0 Å². The molecule has 3 heteroatoms. The Hall–Kier alpha value is 1.32. The number of benzene rings is 1. The summed E-state index contributed by atoms with van der Waals surface area (Å²) < 4.78 is 0.131. The second-order valence-electron chi connectivity index (χ2n) is 1.65. The van der Waals surface area contributed by atoms with Gasteiger partial charge in [0.15, 0.2) is 0 Å². The number of carbonyl (C=O) groups excluding carboxylic acids is 1. The molecule has 0 atom stereocenters. The van der Waals surface area contributed by atoms with E-state index < -0.39 is 0 Å². The van der Waals surface area contributed by atoms with Crippen LogP contribution in [0.3, 0.4) is 0 Å². The summed E-state index contributed by atoms with van der Waals surface area (Å²) in [7, 11) is 0. The summed E-state index contributed by atoms with van der Waals surface area (Å²) in [5.41, 5.74) is 0.780. The Kier molecular flexibility index (Phi) is 6.68. The van der Waals surface area contributed by atoms with Crippen LogP contribution in [0.4, 0.5) is 0 Å². The minimum atomic E-state index is 0. The molecule has 1 nitrogen and oxygen atoms in total. The predicted octanol–water partition coefficient (Wildman–Crippen LogP) is -1.89. The molecule has 1 aromatic rings. The first kappa shape index (κ1) is 11.3. The zero-order chi connectivity index (χ0) is 6.69. The van der Waals surface area contributed by atoms with Crippen LogP contribution in [0.5, 0.6) is 0 Å². The van der Waals surface area contributed by atoms with E-state index in [1.165, 1.54) is 22.3 Å².